The van der Waals surface area contributed by atoms with E-state index in [1.807, 2.05) is 11.8 Å². The molecule has 0 spiro atoms. The van der Waals surface area contributed by atoms with Gasteiger partial charge in [0, 0.05) is 24.1 Å². The number of rotatable bonds is 5. The van der Waals surface area contributed by atoms with Crippen molar-refractivity contribution in [3.63, 3.8) is 0 Å². The van der Waals surface area contributed by atoms with Crippen molar-refractivity contribution in [3.05, 3.63) is 35.4 Å². The van der Waals surface area contributed by atoms with Crippen molar-refractivity contribution in [2.75, 3.05) is 18.8 Å². The van der Waals surface area contributed by atoms with E-state index in [9.17, 15) is 13.2 Å². The van der Waals surface area contributed by atoms with Crippen LogP contribution in [-0.2, 0) is 15.8 Å². The fourth-order valence-corrected chi connectivity index (χ4v) is 5.24. The Labute approximate surface area is 129 Å². The van der Waals surface area contributed by atoms with E-state index in [1.165, 1.54) is 16.4 Å². The van der Waals surface area contributed by atoms with E-state index in [1.54, 1.807) is 12.1 Å². The van der Waals surface area contributed by atoms with Crippen molar-refractivity contribution < 1.29 is 18.3 Å². The number of nitrogens with zero attached hydrogens (tertiary/aromatic N) is 1. The predicted octanol–water partition coefficient (Wildman–Crippen LogP) is 2.04. The third-order valence-electron chi connectivity index (χ3n) is 3.47. The summed E-state index contributed by atoms with van der Waals surface area (Å²) in [5.74, 6) is -0.378. The molecule has 1 heterocycles. The van der Waals surface area contributed by atoms with E-state index >= 15 is 0 Å². The third kappa shape index (κ3) is 4.21. The van der Waals surface area contributed by atoms with Gasteiger partial charge in [-0.1, -0.05) is 19.1 Å². The number of sulfonamides is 1. The Morgan fingerprint density at radius 3 is 2.90 bits per heavy atom. The lowest BCUT2D eigenvalue weighted by molar-refractivity contribution is 0.0696. The number of hydrogen-bond acceptors (Lipinski definition) is 4. The summed E-state index contributed by atoms with van der Waals surface area (Å²) in [5.41, 5.74) is 0.629. The minimum absolute atomic E-state index is 0.114. The Hall–Kier alpha value is -1.05. The van der Waals surface area contributed by atoms with E-state index in [0.29, 0.717) is 23.9 Å². The molecule has 1 saturated heterocycles. The van der Waals surface area contributed by atoms with Crippen LogP contribution >= 0.6 is 11.8 Å². The zero-order valence-corrected chi connectivity index (χ0v) is 13.5. The second-order valence-corrected chi connectivity index (χ2v) is 8.40. The summed E-state index contributed by atoms with van der Waals surface area (Å²) in [7, 11) is -3.39. The minimum atomic E-state index is -3.39. The highest BCUT2D eigenvalue weighted by atomic mass is 32.2. The molecular formula is C14H19NO4S2. The Morgan fingerprint density at radius 1 is 1.48 bits per heavy atom. The number of benzene rings is 1. The van der Waals surface area contributed by atoms with Crippen LogP contribution in [0.4, 0.5) is 0 Å². The Kier molecular flexibility index (Phi) is 5.29. The molecule has 21 heavy (non-hydrogen) atoms. The standard InChI is InChI=1S/C14H19NO4S2/c1-2-13-9-15(6-7-20-13)21(18,19)10-11-4-3-5-12(8-11)14(16)17/h3-5,8,13H,2,6-7,9-10H2,1H3,(H,16,17). The summed E-state index contributed by atoms with van der Waals surface area (Å²) in [4.78, 5) is 10.9. The van der Waals surface area contributed by atoms with Crippen LogP contribution in [0.25, 0.3) is 0 Å². The van der Waals surface area contributed by atoms with E-state index in [4.69, 9.17) is 5.11 Å². The molecule has 5 nitrogen and oxygen atoms in total. The van der Waals surface area contributed by atoms with Crippen LogP contribution in [-0.4, -0.2) is 47.9 Å². The Bertz CT molecular complexity index is 615. The number of carboxylic acids is 1. The Balaban J connectivity index is 2.13. The van der Waals surface area contributed by atoms with Gasteiger partial charge >= 0.3 is 5.97 Å². The molecule has 1 fully saturated rings. The van der Waals surface area contributed by atoms with Crippen molar-refractivity contribution >= 4 is 27.8 Å². The molecule has 0 aliphatic carbocycles. The van der Waals surface area contributed by atoms with Crippen LogP contribution in [0.1, 0.15) is 29.3 Å². The Morgan fingerprint density at radius 2 is 2.24 bits per heavy atom. The molecule has 0 aromatic heterocycles. The minimum Gasteiger partial charge on any atom is -0.478 e. The van der Waals surface area contributed by atoms with E-state index in [2.05, 4.69) is 6.92 Å². The fraction of sp³-hybridized carbons (Fsp3) is 0.500. The first-order chi connectivity index (χ1) is 9.92. The first-order valence-corrected chi connectivity index (χ1v) is 9.50. The van der Waals surface area contributed by atoms with Crippen molar-refractivity contribution in [1.82, 2.24) is 4.31 Å². The van der Waals surface area contributed by atoms with Gasteiger partial charge in [-0.15, -0.1) is 0 Å². The zero-order chi connectivity index (χ0) is 15.5. The number of aromatic carboxylic acids is 1. The van der Waals surface area contributed by atoms with Gasteiger partial charge in [-0.25, -0.2) is 13.2 Å². The van der Waals surface area contributed by atoms with Crippen LogP contribution in [0.3, 0.4) is 0 Å². The second kappa shape index (κ2) is 6.81. The fourth-order valence-electron chi connectivity index (χ4n) is 2.29. The highest BCUT2D eigenvalue weighted by Gasteiger charge is 2.28. The number of carboxylic acid groups (broad SMARTS) is 1. The molecule has 1 N–H and O–H groups in total. The molecule has 0 amide bonds. The van der Waals surface area contributed by atoms with Crippen LogP contribution < -0.4 is 0 Å². The maximum Gasteiger partial charge on any atom is 0.335 e. The van der Waals surface area contributed by atoms with Crippen LogP contribution in [0.5, 0.6) is 0 Å². The van der Waals surface area contributed by atoms with Gasteiger partial charge in [-0.05, 0) is 24.1 Å². The van der Waals surface area contributed by atoms with Gasteiger partial charge in [0.25, 0.3) is 0 Å². The molecule has 1 aliphatic rings. The summed E-state index contributed by atoms with van der Waals surface area (Å²) in [6.45, 7) is 3.13. The van der Waals surface area contributed by atoms with Gasteiger partial charge in [0.1, 0.15) is 0 Å². The maximum atomic E-state index is 12.5. The smallest absolute Gasteiger partial charge is 0.335 e. The van der Waals surface area contributed by atoms with Crippen molar-refractivity contribution in [1.29, 1.82) is 0 Å². The number of carbonyl (C=O) groups is 1. The molecular weight excluding hydrogens is 310 g/mol. The van der Waals surface area contributed by atoms with Gasteiger partial charge in [0.05, 0.1) is 11.3 Å². The second-order valence-electron chi connectivity index (χ2n) is 5.02. The topological polar surface area (TPSA) is 74.7 Å². The van der Waals surface area contributed by atoms with Crippen LogP contribution in [0, 0.1) is 0 Å². The van der Waals surface area contributed by atoms with Crippen LogP contribution in [0.2, 0.25) is 0 Å². The average Bonchev–Trinajstić information content (AvgIpc) is 2.47. The van der Waals surface area contributed by atoms with Crippen molar-refractivity contribution in [2.24, 2.45) is 0 Å². The van der Waals surface area contributed by atoms with Gasteiger partial charge in [-0.2, -0.15) is 16.1 Å². The molecule has 116 valence electrons. The lowest BCUT2D eigenvalue weighted by Crippen LogP contribution is -2.42. The van der Waals surface area contributed by atoms with E-state index in [-0.39, 0.29) is 11.3 Å². The molecule has 1 aliphatic heterocycles. The molecule has 1 atom stereocenters. The maximum absolute atomic E-state index is 12.5. The van der Waals surface area contributed by atoms with Gasteiger partial charge < -0.3 is 5.11 Å². The summed E-state index contributed by atoms with van der Waals surface area (Å²) in [5, 5.41) is 9.31. The molecule has 7 heteroatoms. The van der Waals surface area contributed by atoms with E-state index in [0.717, 1.165) is 12.2 Å². The third-order valence-corrected chi connectivity index (χ3v) is 6.66. The molecule has 1 aromatic carbocycles. The van der Waals surface area contributed by atoms with Crippen LogP contribution in [0.15, 0.2) is 24.3 Å². The predicted molar refractivity (Wildman–Crippen MR) is 84.1 cm³/mol. The molecule has 1 aromatic rings. The van der Waals surface area contributed by atoms with Gasteiger partial charge in [0.15, 0.2) is 0 Å². The molecule has 2 rings (SSSR count). The summed E-state index contributed by atoms with van der Waals surface area (Å²) in [6, 6.07) is 6.12. The SMILES string of the molecule is CCC1CN(S(=O)(=O)Cc2cccc(C(=O)O)c2)CCS1. The summed E-state index contributed by atoms with van der Waals surface area (Å²) < 4.78 is 26.5. The molecule has 1 unspecified atom stereocenters. The molecule has 0 saturated carbocycles. The van der Waals surface area contributed by atoms with E-state index < -0.39 is 16.0 Å². The lowest BCUT2D eigenvalue weighted by atomic mass is 10.1. The largest absolute Gasteiger partial charge is 0.478 e. The monoisotopic (exact) mass is 329 g/mol. The van der Waals surface area contributed by atoms with Crippen molar-refractivity contribution in [3.8, 4) is 0 Å². The van der Waals surface area contributed by atoms with Gasteiger partial charge in [-0.3, -0.25) is 0 Å². The molecule has 0 radical (unpaired) electrons. The summed E-state index contributed by atoms with van der Waals surface area (Å²) >= 11 is 1.81. The number of thioether (sulfide) groups is 1. The lowest BCUT2D eigenvalue weighted by Gasteiger charge is -2.31. The highest BCUT2D eigenvalue weighted by Crippen LogP contribution is 2.24. The first kappa shape index (κ1) is 16.3. The zero-order valence-electron chi connectivity index (χ0n) is 11.9. The molecule has 0 bridgehead atoms. The quantitative estimate of drug-likeness (QED) is 0.895. The average molecular weight is 329 g/mol. The van der Waals surface area contributed by atoms with Gasteiger partial charge in [0.2, 0.25) is 10.0 Å². The van der Waals surface area contributed by atoms with Crippen molar-refractivity contribution in [2.45, 2.75) is 24.3 Å². The number of hydrogen-bond donors (Lipinski definition) is 1. The summed E-state index contributed by atoms with van der Waals surface area (Å²) in [6.07, 6.45) is 0.950. The first-order valence-electron chi connectivity index (χ1n) is 6.84. The highest BCUT2D eigenvalue weighted by molar-refractivity contribution is 8.00. The normalized spacial score (nSPS) is 20.3.